The summed E-state index contributed by atoms with van der Waals surface area (Å²) in [5, 5.41) is 0. The van der Waals surface area contributed by atoms with Crippen LogP contribution in [0, 0.1) is 0 Å². The van der Waals surface area contributed by atoms with Crippen molar-refractivity contribution in [3.8, 4) is 44.5 Å². The molecule has 0 aromatic heterocycles. The van der Waals surface area contributed by atoms with Crippen molar-refractivity contribution in [3.05, 3.63) is 292 Å². The first-order valence-electron chi connectivity index (χ1n) is 23.8. The van der Waals surface area contributed by atoms with Crippen LogP contribution < -0.4 is 4.90 Å². The van der Waals surface area contributed by atoms with Gasteiger partial charge in [-0.15, -0.1) is 0 Å². The van der Waals surface area contributed by atoms with E-state index in [1.54, 1.807) is 0 Å². The van der Waals surface area contributed by atoms with Crippen molar-refractivity contribution < 1.29 is 0 Å². The minimum atomic E-state index is -0.601. The van der Waals surface area contributed by atoms with E-state index in [2.05, 4.69) is 244 Å². The zero-order valence-electron chi connectivity index (χ0n) is 37.9. The molecule has 0 unspecified atom stereocenters. The maximum absolute atomic E-state index is 4.82. The molecule has 0 fully saturated rings. The highest BCUT2D eigenvalue weighted by molar-refractivity contribution is 6.02. The lowest BCUT2D eigenvalue weighted by molar-refractivity contribution is 0.660. The Morgan fingerprint density at radius 2 is 0.731 bits per heavy atom. The molecular formula is C66H47N. The molecule has 0 N–H and O–H groups in total. The first-order valence-corrected chi connectivity index (χ1v) is 23.8. The van der Waals surface area contributed by atoms with Crippen LogP contribution in [0.15, 0.2) is 236 Å². The average Bonchev–Trinajstić information content (AvgIpc) is 4.11. The fourth-order valence-electron chi connectivity index (χ4n) is 13.7. The van der Waals surface area contributed by atoms with E-state index >= 15 is 0 Å². The summed E-state index contributed by atoms with van der Waals surface area (Å²) in [6, 6.07) is 78.2. The minimum Gasteiger partial charge on any atom is -0.310 e. The van der Waals surface area contributed by atoms with Crippen LogP contribution in [0.1, 0.15) is 76.4 Å². The van der Waals surface area contributed by atoms with Crippen LogP contribution in [0.25, 0.3) is 50.1 Å². The summed E-state index contributed by atoms with van der Waals surface area (Å²) in [5.74, 6) is 0. The van der Waals surface area contributed by atoms with Crippen molar-refractivity contribution in [2.75, 3.05) is 4.90 Å². The van der Waals surface area contributed by atoms with Crippen LogP contribution in [0.5, 0.6) is 0 Å². The van der Waals surface area contributed by atoms with E-state index in [0.29, 0.717) is 0 Å². The van der Waals surface area contributed by atoms with Gasteiger partial charge in [-0.05, 0) is 143 Å². The van der Waals surface area contributed by atoms with Gasteiger partial charge in [0.15, 0.2) is 0 Å². The SMILES string of the molecule is C=C/C(=C1\C(=C/C)c2ccccc2C12c1ccccc1-c1ccccc12)N(c1ccc2c(c1)-c1ccccc1C2(C)C)c1ccc2c(c1)C1(c3ccccc3-c3ccccc31)c1ccccc1-2. The summed E-state index contributed by atoms with van der Waals surface area (Å²) >= 11 is 0. The molecule has 1 heteroatoms. The number of benzene rings is 9. The summed E-state index contributed by atoms with van der Waals surface area (Å²) < 4.78 is 0. The van der Waals surface area contributed by atoms with E-state index in [-0.39, 0.29) is 5.41 Å². The Kier molecular flexibility index (Phi) is 7.73. The van der Waals surface area contributed by atoms with Gasteiger partial charge in [0, 0.05) is 22.4 Å². The molecule has 0 saturated carbocycles. The van der Waals surface area contributed by atoms with Gasteiger partial charge in [-0.25, -0.2) is 0 Å². The van der Waals surface area contributed by atoms with E-state index in [0.717, 1.165) is 17.1 Å². The summed E-state index contributed by atoms with van der Waals surface area (Å²) in [6.07, 6.45) is 4.50. The maximum Gasteiger partial charge on any atom is 0.0746 e. The molecule has 0 aliphatic heterocycles. The third kappa shape index (κ3) is 4.59. The molecule has 0 saturated heterocycles. The fraction of sp³-hybridized carbons (Fsp3) is 0.0909. The Bertz CT molecular complexity index is 3610. The zero-order valence-corrected chi connectivity index (χ0v) is 37.9. The van der Waals surface area contributed by atoms with Gasteiger partial charge in [-0.3, -0.25) is 0 Å². The fourth-order valence-corrected chi connectivity index (χ4v) is 13.7. The highest BCUT2D eigenvalue weighted by atomic mass is 15.2. The summed E-state index contributed by atoms with van der Waals surface area (Å²) in [5.41, 5.74) is 28.1. The van der Waals surface area contributed by atoms with Crippen molar-refractivity contribution in [1.82, 2.24) is 0 Å². The second-order valence-electron chi connectivity index (χ2n) is 19.4. The van der Waals surface area contributed by atoms with E-state index in [9.17, 15) is 0 Å². The van der Waals surface area contributed by atoms with E-state index < -0.39 is 10.8 Å². The predicted octanol–water partition coefficient (Wildman–Crippen LogP) is 16.3. The molecule has 5 aliphatic carbocycles. The molecule has 0 radical (unpaired) electrons. The van der Waals surface area contributed by atoms with Crippen LogP contribution in [0.3, 0.4) is 0 Å². The number of anilines is 2. The molecule has 14 rings (SSSR count). The second-order valence-corrected chi connectivity index (χ2v) is 19.4. The van der Waals surface area contributed by atoms with Crippen LogP contribution in [-0.2, 0) is 16.2 Å². The topological polar surface area (TPSA) is 3.24 Å². The monoisotopic (exact) mass is 853 g/mol. The van der Waals surface area contributed by atoms with Gasteiger partial charge >= 0.3 is 0 Å². The second kappa shape index (κ2) is 13.5. The smallest absolute Gasteiger partial charge is 0.0746 e. The lowest BCUT2D eigenvalue weighted by atomic mass is 9.69. The quantitative estimate of drug-likeness (QED) is 0.170. The predicted molar refractivity (Wildman–Crippen MR) is 278 cm³/mol. The van der Waals surface area contributed by atoms with Gasteiger partial charge < -0.3 is 4.90 Å². The summed E-state index contributed by atoms with van der Waals surface area (Å²) in [6.45, 7) is 11.8. The Morgan fingerprint density at radius 3 is 1.21 bits per heavy atom. The van der Waals surface area contributed by atoms with Crippen molar-refractivity contribution in [3.63, 3.8) is 0 Å². The Morgan fingerprint density at radius 1 is 0.373 bits per heavy atom. The van der Waals surface area contributed by atoms with Gasteiger partial charge in [-0.2, -0.15) is 0 Å². The van der Waals surface area contributed by atoms with Crippen molar-refractivity contribution in [2.45, 2.75) is 37.0 Å². The van der Waals surface area contributed by atoms with Gasteiger partial charge in [0.25, 0.3) is 0 Å². The molecule has 0 amide bonds. The molecule has 5 aliphatic rings. The van der Waals surface area contributed by atoms with Crippen LogP contribution in [0.2, 0.25) is 0 Å². The molecule has 2 spiro atoms. The van der Waals surface area contributed by atoms with Crippen LogP contribution >= 0.6 is 0 Å². The van der Waals surface area contributed by atoms with Crippen LogP contribution in [-0.4, -0.2) is 0 Å². The van der Waals surface area contributed by atoms with E-state index in [1.165, 1.54) is 111 Å². The number of hydrogen-bond donors (Lipinski definition) is 0. The first-order chi connectivity index (χ1) is 32.9. The van der Waals surface area contributed by atoms with Gasteiger partial charge in [0.1, 0.15) is 0 Å². The summed E-state index contributed by atoms with van der Waals surface area (Å²) in [4.78, 5) is 2.56. The number of rotatable bonds is 4. The highest BCUT2D eigenvalue weighted by Gasteiger charge is 2.55. The standard InChI is InChI=1S/C66H47N/c1-5-43-44-21-8-18-32-58(44)66(59-33-19-12-24-47(59)48-25-13-20-34-60(48)66)63(43)62(6-2)67(41-36-38-54-52(39-41)50-27-7-14-28-53(50)64(54,3)4)42-35-37-51-49-26-11-17-31-57(49)65(61(51)40-42)55-29-15-9-22-45(55)46-23-10-16-30-56(46)65/h5-40H,2H2,1,3-4H3/b43-5-,63-62-. The molecule has 0 atom stereocenters. The first kappa shape index (κ1) is 38.3. The number of hydrogen-bond acceptors (Lipinski definition) is 1. The number of fused-ring (bicyclic) bond motifs is 20. The molecule has 9 aromatic carbocycles. The lowest BCUT2D eigenvalue weighted by Crippen LogP contribution is -2.30. The van der Waals surface area contributed by atoms with Gasteiger partial charge in [0.2, 0.25) is 0 Å². The van der Waals surface area contributed by atoms with E-state index in [1.807, 2.05) is 0 Å². The Labute approximate surface area is 393 Å². The Balaban J connectivity index is 1.12. The molecule has 316 valence electrons. The zero-order chi connectivity index (χ0) is 44.8. The largest absolute Gasteiger partial charge is 0.310 e. The third-order valence-corrected chi connectivity index (χ3v) is 16.3. The molecule has 9 aromatic rings. The molecule has 67 heavy (non-hydrogen) atoms. The van der Waals surface area contributed by atoms with Gasteiger partial charge in [0.05, 0.1) is 16.5 Å². The minimum absolute atomic E-state index is 0.128. The van der Waals surface area contributed by atoms with Crippen molar-refractivity contribution in [1.29, 1.82) is 0 Å². The maximum atomic E-state index is 4.82. The van der Waals surface area contributed by atoms with Crippen LogP contribution in [0.4, 0.5) is 11.4 Å². The normalized spacial score (nSPS) is 17.2. The highest BCUT2D eigenvalue weighted by Crippen LogP contribution is 2.67. The number of nitrogens with zero attached hydrogens (tertiary/aromatic N) is 1. The van der Waals surface area contributed by atoms with Gasteiger partial charge in [-0.1, -0.05) is 208 Å². The van der Waals surface area contributed by atoms with Crippen molar-refractivity contribution in [2.24, 2.45) is 0 Å². The lowest BCUT2D eigenvalue weighted by Gasteiger charge is -2.37. The average molecular weight is 854 g/mol. The van der Waals surface area contributed by atoms with Crippen molar-refractivity contribution >= 4 is 16.9 Å². The summed E-state index contributed by atoms with van der Waals surface area (Å²) in [7, 11) is 0. The van der Waals surface area contributed by atoms with E-state index in [4.69, 9.17) is 6.58 Å². The molecule has 1 nitrogen and oxygen atoms in total. The number of allylic oxidation sites excluding steroid dienone is 4. The molecule has 0 bridgehead atoms. The molecular weight excluding hydrogens is 807 g/mol. The Hall–Kier alpha value is -8.00. The molecule has 0 heterocycles. The third-order valence-electron chi connectivity index (χ3n) is 16.3.